The summed E-state index contributed by atoms with van der Waals surface area (Å²) < 4.78 is 0. The van der Waals surface area contributed by atoms with E-state index in [9.17, 15) is 14.7 Å². The zero-order valence-corrected chi connectivity index (χ0v) is 18.0. The fourth-order valence-electron chi connectivity index (χ4n) is 3.44. The van der Waals surface area contributed by atoms with Crippen LogP contribution in [0.3, 0.4) is 0 Å². The van der Waals surface area contributed by atoms with Gasteiger partial charge in [-0.3, -0.25) is 4.79 Å². The van der Waals surface area contributed by atoms with E-state index < -0.39 is 12.0 Å². The SMILES string of the molecule is C=CNCCCC(NC(=O)c1ccc(C(c2ccccc2)c2ccccc2)s1)C(=O)O. The molecule has 2 aromatic carbocycles. The monoisotopic (exact) mass is 434 g/mol. The van der Waals surface area contributed by atoms with Crippen molar-refractivity contribution < 1.29 is 14.7 Å². The Morgan fingerprint density at radius 2 is 1.58 bits per heavy atom. The van der Waals surface area contributed by atoms with Crippen molar-refractivity contribution in [3.63, 3.8) is 0 Å². The van der Waals surface area contributed by atoms with Gasteiger partial charge in [-0.1, -0.05) is 67.2 Å². The number of carboxylic acids is 1. The highest BCUT2D eigenvalue weighted by Gasteiger charge is 2.23. The number of benzene rings is 2. The summed E-state index contributed by atoms with van der Waals surface area (Å²) >= 11 is 1.39. The van der Waals surface area contributed by atoms with Crippen molar-refractivity contribution >= 4 is 23.2 Å². The second-order valence-corrected chi connectivity index (χ2v) is 8.24. The van der Waals surface area contributed by atoms with Crippen molar-refractivity contribution in [2.45, 2.75) is 24.8 Å². The van der Waals surface area contributed by atoms with Crippen LogP contribution in [-0.2, 0) is 4.79 Å². The van der Waals surface area contributed by atoms with Gasteiger partial charge in [0.2, 0.25) is 0 Å². The van der Waals surface area contributed by atoms with Gasteiger partial charge in [-0.25, -0.2) is 4.79 Å². The minimum atomic E-state index is -1.03. The van der Waals surface area contributed by atoms with Crippen LogP contribution in [0.25, 0.3) is 0 Å². The van der Waals surface area contributed by atoms with E-state index in [1.54, 1.807) is 12.3 Å². The van der Waals surface area contributed by atoms with Gasteiger partial charge in [-0.15, -0.1) is 11.3 Å². The Balaban J connectivity index is 1.78. The first kappa shape index (κ1) is 22.3. The van der Waals surface area contributed by atoms with Crippen molar-refractivity contribution in [1.29, 1.82) is 0 Å². The molecule has 6 heteroatoms. The first-order chi connectivity index (χ1) is 15.1. The Bertz CT molecular complexity index is 962. The van der Waals surface area contributed by atoms with Crippen LogP contribution in [0.2, 0.25) is 0 Å². The molecule has 0 aliphatic heterocycles. The fraction of sp³-hybridized carbons (Fsp3) is 0.200. The number of nitrogens with one attached hydrogen (secondary N) is 2. The third-order valence-corrected chi connectivity index (χ3v) is 6.11. The summed E-state index contributed by atoms with van der Waals surface area (Å²) in [5.74, 6) is -1.38. The number of hydrogen-bond donors (Lipinski definition) is 3. The van der Waals surface area contributed by atoms with E-state index in [-0.39, 0.29) is 11.8 Å². The van der Waals surface area contributed by atoms with Gasteiger partial charge < -0.3 is 15.7 Å². The number of thiophene rings is 1. The number of amides is 1. The molecule has 1 atom stereocenters. The van der Waals surface area contributed by atoms with Gasteiger partial charge in [0.15, 0.2) is 0 Å². The summed E-state index contributed by atoms with van der Waals surface area (Å²) in [5.41, 5.74) is 2.28. The molecule has 3 rings (SSSR count). The predicted molar refractivity (Wildman–Crippen MR) is 124 cm³/mol. The van der Waals surface area contributed by atoms with Gasteiger partial charge in [0.25, 0.3) is 5.91 Å². The Morgan fingerprint density at radius 1 is 0.968 bits per heavy atom. The molecule has 0 radical (unpaired) electrons. The molecule has 0 saturated heterocycles. The maximum atomic E-state index is 12.8. The van der Waals surface area contributed by atoms with Crippen LogP contribution >= 0.6 is 11.3 Å². The van der Waals surface area contributed by atoms with E-state index in [0.717, 1.165) is 16.0 Å². The Labute approximate surface area is 186 Å². The molecule has 0 bridgehead atoms. The topological polar surface area (TPSA) is 78.4 Å². The van der Waals surface area contributed by atoms with Gasteiger partial charge in [-0.2, -0.15) is 0 Å². The van der Waals surface area contributed by atoms with Crippen molar-refractivity contribution in [3.05, 3.63) is 106 Å². The van der Waals surface area contributed by atoms with Gasteiger partial charge in [0.1, 0.15) is 6.04 Å². The summed E-state index contributed by atoms with van der Waals surface area (Å²) in [6.45, 7) is 4.18. The summed E-state index contributed by atoms with van der Waals surface area (Å²) in [5, 5.41) is 15.1. The average Bonchev–Trinajstić information content (AvgIpc) is 3.27. The molecule has 0 fully saturated rings. The molecule has 160 valence electrons. The first-order valence-electron chi connectivity index (χ1n) is 10.2. The van der Waals surface area contributed by atoms with E-state index in [0.29, 0.717) is 24.3 Å². The van der Waals surface area contributed by atoms with Gasteiger partial charge >= 0.3 is 5.97 Å². The summed E-state index contributed by atoms with van der Waals surface area (Å²) in [6, 6.07) is 23.1. The van der Waals surface area contributed by atoms with Crippen molar-refractivity contribution in [3.8, 4) is 0 Å². The molecule has 1 unspecified atom stereocenters. The highest BCUT2D eigenvalue weighted by molar-refractivity contribution is 7.14. The van der Waals surface area contributed by atoms with E-state index in [1.165, 1.54) is 11.3 Å². The minimum absolute atomic E-state index is 0.00852. The Kier molecular flexibility index (Phi) is 8.01. The maximum absolute atomic E-state index is 12.8. The molecule has 0 saturated carbocycles. The molecular formula is C25H26N2O3S. The highest BCUT2D eigenvalue weighted by atomic mass is 32.1. The van der Waals surface area contributed by atoms with Crippen molar-refractivity contribution in [2.24, 2.45) is 0 Å². The van der Waals surface area contributed by atoms with E-state index in [1.807, 2.05) is 42.5 Å². The van der Waals surface area contributed by atoms with E-state index >= 15 is 0 Å². The summed E-state index contributed by atoms with van der Waals surface area (Å²) in [6.07, 6.45) is 2.53. The number of rotatable bonds is 11. The number of carbonyl (C=O) groups excluding carboxylic acids is 1. The largest absolute Gasteiger partial charge is 0.480 e. The number of carboxylic acid groups (broad SMARTS) is 1. The third kappa shape index (κ3) is 6.06. The van der Waals surface area contributed by atoms with Gasteiger partial charge in [0.05, 0.1) is 4.88 Å². The van der Waals surface area contributed by atoms with E-state index in [4.69, 9.17) is 0 Å². The molecular weight excluding hydrogens is 408 g/mol. The van der Waals surface area contributed by atoms with Crippen molar-refractivity contribution in [1.82, 2.24) is 10.6 Å². The second-order valence-electron chi connectivity index (χ2n) is 7.12. The lowest BCUT2D eigenvalue weighted by molar-refractivity contribution is -0.139. The molecule has 1 heterocycles. The zero-order chi connectivity index (χ0) is 22.1. The molecule has 1 amide bonds. The standard InChI is InChI=1S/C25H26N2O3S/c1-2-26-17-9-14-20(25(29)30)27-24(28)22-16-15-21(31-22)23(18-10-5-3-6-11-18)19-12-7-4-8-13-19/h2-8,10-13,15-16,20,23,26H,1,9,14,17H2,(H,27,28)(H,29,30). The molecule has 3 aromatic rings. The highest BCUT2D eigenvalue weighted by Crippen LogP contribution is 2.36. The summed E-state index contributed by atoms with van der Waals surface area (Å²) in [7, 11) is 0. The third-order valence-electron chi connectivity index (χ3n) is 4.96. The lowest BCUT2D eigenvalue weighted by atomic mass is 9.90. The predicted octanol–water partition coefficient (Wildman–Crippen LogP) is 4.62. The van der Waals surface area contributed by atoms with E-state index in [2.05, 4.69) is 41.5 Å². The molecule has 0 aliphatic carbocycles. The lowest BCUT2D eigenvalue weighted by Crippen LogP contribution is -2.40. The number of carbonyl (C=O) groups is 2. The van der Waals surface area contributed by atoms with Crippen LogP contribution in [-0.4, -0.2) is 29.6 Å². The number of hydrogen-bond acceptors (Lipinski definition) is 4. The molecule has 0 aliphatic rings. The van der Waals surface area contributed by atoms with Crippen LogP contribution < -0.4 is 10.6 Å². The van der Waals surface area contributed by atoms with Crippen LogP contribution in [0.5, 0.6) is 0 Å². The Hall–Kier alpha value is -3.38. The maximum Gasteiger partial charge on any atom is 0.326 e. The summed E-state index contributed by atoms with van der Waals surface area (Å²) in [4.78, 5) is 25.9. The lowest BCUT2D eigenvalue weighted by Gasteiger charge is -2.17. The molecule has 31 heavy (non-hydrogen) atoms. The van der Waals surface area contributed by atoms with Gasteiger partial charge in [0, 0.05) is 17.3 Å². The smallest absolute Gasteiger partial charge is 0.326 e. The molecule has 0 spiro atoms. The zero-order valence-electron chi connectivity index (χ0n) is 17.2. The average molecular weight is 435 g/mol. The number of aliphatic carboxylic acids is 1. The molecule has 1 aromatic heterocycles. The van der Waals surface area contributed by atoms with Crippen LogP contribution in [0, 0.1) is 0 Å². The van der Waals surface area contributed by atoms with Gasteiger partial charge in [-0.05, 0) is 42.3 Å². The molecule has 5 nitrogen and oxygen atoms in total. The minimum Gasteiger partial charge on any atom is -0.480 e. The quantitative estimate of drug-likeness (QED) is 0.385. The Morgan fingerprint density at radius 3 is 2.13 bits per heavy atom. The normalized spacial score (nSPS) is 11.6. The van der Waals surface area contributed by atoms with Crippen LogP contribution in [0.15, 0.2) is 85.6 Å². The second kappa shape index (κ2) is 11.1. The molecule has 3 N–H and O–H groups in total. The first-order valence-corrected chi connectivity index (χ1v) is 11.0. The fourth-order valence-corrected chi connectivity index (χ4v) is 4.51. The van der Waals surface area contributed by atoms with Crippen LogP contribution in [0.1, 0.15) is 44.4 Å². The van der Waals surface area contributed by atoms with Crippen molar-refractivity contribution in [2.75, 3.05) is 6.54 Å². The van der Waals surface area contributed by atoms with Crippen LogP contribution in [0.4, 0.5) is 0 Å².